The van der Waals surface area contributed by atoms with Crippen molar-refractivity contribution in [3.8, 4) is 0 Å². The Balaban J connectivity index is 1.67. The molecule has 0 bridgehead atoms. The minimum absolute atomic E-state index is 0.613. The minimum Gasteiger partial charge on any atom is -0.381 e. The van der Waals surface area contributed by atoms with Crippen molar-refractivity contribution >= 4 is 5.82 Å². The van der Waals surface area contributed by atoms with E-state index in [4.69, 9.17) is 4.74 Å². The fourth-order valence-electron chi connectivity index (χ4n) is 2.67. The van der Waals surface area contributed by atoms with Gasteiger partial charge in [0.05, 0.1) is 6.61 Å². The first kappa shape index (κ1) is 14.0. The highest BCUT2D eigenvalue weighted by atomic mass is 16.5. The molecule has 1 aromatic heterocycles. The van der Waals surface area contributed by atoms with Crippen molar-refractivity contribution in [3.63, 3.8) is 0 Å². The van der Waals surface area contributed by atoms with Gasteiger partial charge in [0, 0.05) is 38.7 Å². The molecule has 1 aliphatic rings. The molecule has 110 valence electrons. The number of hydrogen-bond donors (Lipinski definition) is 0. The second-order valence-electron chi connectivity index (χ2n) is 5.60. The van der Waals surface area contributed by atoms with Crippen molar-refractivity contribution in [2.75, 3.05) is 31.7 Å². The highest BCUT2D eigenvalue weighted by molar-refractivity contribution is 5.37. The first-order valence-electron chi connectivity index (χ1n) is 7.46. The van der Waals surface area contributed by atoms with Crippen LogP contribution in [0.15, 0.2) is 42.6 Å². The van der Waals surface area contributed by atoms with Gasteiger partial charge in [-0.25, -0.2) is 9.97 Å². The van der Waals surface area contributed by atoms with Crippen LogP contribution in [-0.2, 0) is 11.2 Å². The molecule has 1 aromatic carbocycles. The van der Waals surface area contributed by atoms with Gasteiger partial charge in [0.25, 0.3) is 0 Å². The van der Waals surface area contributed by atoms with Crippen molar-refractivity contribution in [2.24, 2.45) is 5.92 Å². The molecule has 2 aromatic rings. The molecule has 0 aliphatic carbocycles. The van der Waals surface area contributed by atoms with Gasteiger partial charge in [-0.15, -0.1) is 0 Å². The van der Waals surface area contributed by atoms with E-state index in [0.29, 0.717) is 5.92 Å². The fourth-order valence-corrected chi connectivity index (χ4v) is 2.67. The molecule has 1 fully saturated rings. The van der Waals surface area contributed by atoms with Gasteiger partial charge in [-0.1, -0.05) is 30.3 Å². The van der Waals surface area contributed by atoms with Crippen LogP contribution in [0.4, 0.5) is 5.82 Å². The van der Waals surface area contributed by atoms with Crippen LogP contribution in [-0.4, -0.2) is 36.8 Å². The van der Waals surface area contributed by atoms with Crippen LogP contribution in [0.1, 0.15) is 17.8 Å². The Morgan fingerprint density at radius 1 is 1.24 bits per heavy atom. The molecular formula is C17H21N3O. The number of aromatic nitrogens is 2. The molecule has 2 heterocycles. The molecule has 1 saturated heterocycles. The lowest BCUT2D eigenvalue weighted by molar-refractivity contribution is 0.186. The van der Waals surface area contributed by atoms with Crippen LogP contribution >= 0.6 is 0 Å². The van der Waals surface area contributed by atoms with E-state index in [-0.39, 0.29) is 0 Å². The summed E-state index contributed by atoms with van der Waals surface area (Å²) in [6.07, 6.45) is 3.77. The van der Waals surface area contributed by atoms with Crippen LogP contribution in [0, 0.1) is 5.92 Å². The molecule has 0 N–H and O–H groups in total. The summed E-state index contributed by atoms with van der Waals surface area (Å²) in [6, 6.07) is 12.3. The zero-order valence-electron chi connectivity index (χ0n) is 12.4. The van der Waals surface area contributed by atoms with Gasteiger partial charge in [-0.05, 0) is 18.1 Å². The summed E-state index contributed by atoms with van der Waals surface area (Å²) in [4.78, 5) is 11.3. The minimum atomic E-state index is 0.613. The first-order chi connectivity index (χ1) is 10.3. The average Bonchev–Trinajstić information content (AvgIpc) is 3.01. The maximum Gasteiger partial charge on any atom is 0.135 e. The van der Waals surface area contributed by atoms with Crippen molar-refractivity contribution in [1.82, 2.24) is 9.97 Å². The topological polar surface area (TPSA) is 38.2 Å². The first-order valence-corrected chi connectivity index (χ1v) is 7.46. The highest BCUT2D eigenvalue weighted by Crippen LogP contribution is 2.17. The Bertz CT molecular complexity index is 567. The Hall–Kier alpha value is -1.94. The van der Waals surface area contributed by atoms with Crippen molar-refractivity contribution < 1.29 is 4.74 Å². The van der Waals surface area contributed by atoms with E-state index < -0.39 is 0 Å². The monoisotopic (exact) mass is 283 g/mol. The van der Waals surface area contributed by atoms with Crippen LogP contribution in [0.25, 0.3) is 0 Å². The molecule has 0 saturated carbocycles. The van der Waals surface area contributed by atoms with Crippen LogP contribution in [0.2, 0.25) is 0 Å². The van der Waals surface area contributed by atoms with Gasteiger partial charge in [0.15, 0.2) is 0 Å². The van der Waals surface area contributed by atoms with Crippen LogP contribution in [0.3, 0.4) is 0 Å². The maximum atomic E-state index is 5.44. The Labute approximate surface area is 125 Å². The summed E-state index contributed by atoms with van der Waals surface area (Å²) in [7, 11) is 2.09. The lowest BCUT2D eigenvalue weighted by Crippen LogP contribution is -2.26. The number of benzene rings is 1. The molecular weight excluding hydrogens is 262 g/mol. The normalized spacial score (nSPS) is 17.9. The lowest BCUT2D eigenvalue weighted by Gasteiger charge is -2.21. The van der Waals surface area contributed by atoms with Gasteiger partial charge in [-0.2, -0.15) is 0 Å². The molecule has 21 heavy (non-hydrogen) atoms. The SMILES string of the molecule is CN(CC1CCOC1)c1ccnc(Cc2ccccc2)n1. The smallest absolute Gasteiger partial charge is 0.135 e. The largest absolute Gasteiger partial charge is 0.381 e. The van der Waals surface area contributed by atoms with Gasteiger partial charge >= 0.3 is 0 Å². The predicted octanol–water partition coefficient (Wildman–Crippen LogP) is 2.54. The quantitative estimate of drug-likeness (QED) is 0.845. The number of ether oxygens (including phenoxy) is 1. The summed E-state index contributed by atoms with van der Waals surface area (Å²) in [5, 5.41) is 0. The van der Waals surface area contributed by atoms with Crippen molar-refractivity contribution in [2.45, 2.75) is 12.8 Å². The Morgan fingerprint density at radius 2 is 2.10 bits per heavy atom. The van der Waals surface area contributed by atoms with E-state index in [1.165, 1.54) is 5.56 Å². The van der Waals surface area contributed by atoms with E-state index in [2.05, 4.69) is 34.0 Å². The fraction of sp³-hybridized carbons (Fsp3) is 0.412. The summed E-state index contributed by atoms with van der Waals surface area (Å²) in [5.74, 6) is 2.47. The van der Waals surface area contributed by atoms with Gasteiger partial charge in [0.1, 0.15) is 11.6 Å². The molecule has 4 nitrogen and oxygen atoms in total. The molecule has 4 heteroatoms. The molecule has 1 atom stereocenters. The Morgan fingerprint density at radius 3 is 2.86 bits per heavy atom. The van der Waals surface area contributed by atoms with E-state index in [9.17, 15) is 0 Å². The summed E-state index contributed by atoms with van der Waals surface area (Å²) < 4.78 is 5.44. The molecule has 1 aliphatic heterocycles. The standard InChI is InChI=1S/C17H21N3O/c1-20(12-15-8-10-21-13-15)17-7-9-18-16(19-17)11-14-5-3-2-4-6-14/h2-7,9,15H,8,10-13H2,1H3. The van der Waals surface area contributed by atoms with Gasteiger partial charge < -0.3 is 9.64 Å². The third-order valence-corrected chi connectivity index (χ3v) is 3.84. The van der Waals surface area contributed by atoms with Gasteiger partial charge in [-0.3, -0.25) is 0 Å². The number of rotatable bonds is 5. The van der Waals surface area contributed by atoms with Crippen molar-refractivity contribution in [1.29, 1.82) is 0 Å². The number of hydrogen-bond acceptors (Lipinski definition) is 4. The summed E-state index contributed by atoms with van der Waals surface area (Å²) in [5.41, 5.74) is 1.24. The molecule has 0 amide bonds. The zero-order valence-corrected chi connectivity index (χ0v) is 12.4. The Kier molecular flexibility index (Phi) is 4.46. The maximum absolute atomic E-state index is 5.44. The molecule has 0 spiro atoms. The predicted molar refractivity (Wildman–Crippen MR) is 83.5 cm³/mol. The van der Waals surface area contributed by atoms with E-state index in [1.54, 1.807) is 0 Å². The van der Waals surface area contributed by atoms with Gasteiger partial charge in [0.2, 0.25) is 0 Å². The van der Waals surface area contributed by atoms with E-state index in [1.807, 2.05) is 30.5 Å². The summed E-state index contributed by atoms with van der Waals surface area (Å²) >= 11 is 0. The summed E-state index contributed by atoms with van der Waals surface area (Å²) in [6.45, 7) is 2.75. The highest BCUT2D eigenvalue weighted by Gasteiger charge is 2.18. The lowest BCUT2D eigenvalue weighted by atomic mass is 10.1. The van der Waals surface area contributed by atoms with E-state index >= 15 is 0 Å². The molecule has 0 radical (unpaired) electrons. The van der Waals surface area contributed by atoms with Crippen LogP contribution < -0.4 is 4.90 Å². The number of nitrogens with zero attached hydrogens (tertiary/aromatic N) is 3. The third kappa shape index (κ3) is 3.79. The van der Waals surface area contributed by atoms with Crippen molar-refractivity contribution in [3.05, 3.63) is 54.0 Å². The molecule has 3 rings (SSSR count). The second-order valence-corrected chi connectivity index (χ2v) is 5.60. The third-order valence-electron chi connectivity index (χ3n) is 3.84. The average molecular weight is 283 g/mol. The second kappa shape index (κ2) is 6.68. The zero-order chi connectivity index (χ0) is 14.5. The van der Waals surface area contributed by atoms with E-state index in [0.717, 1.165) is 44.2 Å². The van der Waals surface area contributed by atoms with Crippen LogP contribution in [0.5, 0.6) is 0 Å². The molecule has 1 unspecified atom stereocenters. The number of anilines is 1.